The Morgan fingerprint density at radius 1 is 1.26 bits per heavy atom. The standard InChI is InChI=1S/C14H16N2O3/c1-3-10-4-6-11(7-5-10)8-12(14(17)18)13-16-15-9(2)19-13/h4-7,12H,3,8H2,1-2H3,(H,17,18). The number of aryl methyl sites for hydroxylation is 2. The number of carboxylic acids is 1. The van der Waals surface area contributed by atoms with Crippen LogP contribution in [-0.2, 0) is 17.6 Å². The van der Waals surface area contributed by atoms with Gasteiger partial charge in [-0.25, -0.2) is 0 Å². The maximum absolute atomic E-state index is 11.3. The number of carbonyl (C=O) groups is 1. The molecule has 1 unspecified atom stereocenters. The predicted molar refractivity (Wildman–Crippen MR) is 68.9 cm³/mol. The third-order valence-electron chi connectivity index (χ3n) is 3.01. The number of nitrogens with zero attached hydrogens (tertiary/aromatic N) is 2. The molecule has 5 heteroatoms. The van der Waals surface area contributed by atoms with Gasteiger partial charge in [0.25, 0.3) is 0 Å². The summed E-state index contributed by atoms with van der Waals surface area (Å²) < 4.78 is 5.22. The highest BCUT2D eigenvalue weighted by Crippen LogP contribution is 2.20. The molecule has 2 aromatic rings. The third-order valence-corrected chi connectivity index (χ3v) is 3.01. The zero-order valence-electron chi connectivity index (χ0n) is 11.0. The van der Waals surface area contributed by atoms with Crippen LogP contribution in [0.5, 0.6) is 0 Å². The Hall–Kier alpha value is -2.17. The van der Waals surface area contributed by atoms with Crippen molar-refractivity contribution in [3.05, 3.63) is 47.2 Å². The van der Waals surface area contributed by atoms with E-state index in [1.807, 2.05) is 24.3 Å². The summed E-state index contributed by atoms with van der Waals surface area (Å²) in [6.07, 6.45) is 1.31. The number of hydrogen-bond acceptors (Lipinski definition) is 4. The molecule has 1 heterocycles. The molecule has 1 atom stereocenters. The van der Waals surface area contributed by atoms with Crippen LogP contribution < -0.4 is 0 Å². The highest BCUT2D eigenvalue weighted by Gasteiger charge is 2.25. The van der Waals surface area contributed by atoms with Gasteiger partial charge >= 0.3 is 5.97 Å². The lowest BCUT2D eigenvalue weighted by Crippen LogP contribution is -2.15. The highest BCUT2D eigenvalue weighted by molar-refractivity contribution is 5.75. The molecule has 0 fully saturated rings. The highest BCUT2D eigenvalue weighted by atomic mass is 16.4. The second kappa shape index (κ2) is 5.65. The first-order valence-corrected chi connectivity index (χ1v) is 6.20. The molecule has 0 spiro atoms. The molecule has 1 aromatic heterocycles. The topological polar surface area (TPSA) is 76.2 Å². The third kappa shape index (κ3) is 3.19. The van der Waals surface area contributed by atoms with Crippen LogP contribution in [0, 0.1) is 6.92 Å². The Bertz CT molecular complexity index is 560. The minimum absolute atomic E-state index is 0.157. The zero-order chi connectivity index (χ0) is 13.8. The summed E-state index contributed by atoms with van der Waals surface area (Å²) in [5.74, 6) is -1.22. The van der Waals surface area contributed by atoms with Gasteiger partial charge in [0.15, 0.2) is 0 Å². The molecule has 0 aliphatic heterocycles. The summed E-state index contributed by atoms with van der Waals surface area (Å²) in [4.78, 5) is 11.3. The predicted octanol–water partition coefficient (Wildman–Crippen LogP) is 2.35. The van der Waals surface area contributed by atoms with Crippen LogP contribution in [-0.4, -0.2) is 21.3 Å². The molecule has 0 amide bonds. The summed E-state index contributed by atoms with van der Waals surface area (Å²) in [5, 5.41) is 16.7. The van der Waals surface area contributed by atoms with Gasteiger partial charge in [-0.2, -0.15) is 0 Å². The quantitative estimate of drug-likeness (QED) is 0.893. The molecule has 5 nitrogen and oxygen atoms in total. The molecular weight excluding hydrogens is 244 g/mol. The van der Waals surface area contributed by atoms with Crippen molar-refractivity contribution in [1.82, 2.24) is 10.2 Å². The van der Waals surface area contributed by atoms with Crippen LogP contribution in [0.1, 0.15) is 35.7 Å². The maximum atomic E-state index is 11.3. The van der Waals surface area contributed by atoms with Crippen molar-refractivity contribution in [3.63, 3.8) is 0 Å². The molecule has 19 heavy (non-hydrogen) atoms. The Kier molecular flexibility index (Phi) is 3.94. The van der Waals surface area contributed by atoms with E-state index < -0.39 is 11.9 Å². The average Bonchev–Trinajstić information content (AvgIpc) is 2.82. The number of benzene rings is 1. The van der Waals surface area contributed by atoms with Gasteiger partial charge in [-0.05, 0) is 24.0 Å². The lowest BCUT2D eigenvalue weighted by atomic mass is 9.98. The van der Waals surface area contributed by atoms with Gasteiger partial charge in [0.05, 0.1) is 0 Å². The molecule has 0 aliphatic rings. The van der Waals surface area contributed by atoms with E-state index in [1.54, 1.807) is 6.92 Å². The van der Waals surface area contributed by atoms with Gasteiger partial charge in [0, 0.05) is 6.92 Å². The van der Waals surface area contributed by atoms with Crippen molar-refractivity contribution in [2.75, 3.05) is 0 Å². The minimum atomic E-state index is -0.955. The van der Waals surface area contributed by atoms with Crippen LogP contribution >= 0.6 is 0 Å². The average molecular weight is 260 g/mol. The van der Waals surface area contributed by atoms with E-state index in [0.717, 1.165) is 12.0 Å². The Balaban J connectivity index is 2.18. The lowest BCUT2D eigenvalue weighted by Gasteiger charge is -2.08. The summed E-state index contributed by atoms with van der Waals surface area (Å²) in [7, 11) is 0. The first kappa shape index (κ1) is 13.3. The summed E-state index contributed by atoms with van der Waals surface area (Å²) in [5.41, 5.74) is 2.17. The van der Waals surface area contributed by atoms with Crippen molar-refractivity contribution in [2.24, 2.45) is 0 Å². The molecule has 0 saturated heterocycles. The monoisotopic (exact) mass is 260 g/mol. The fraction of sp³-hybridized carbons (Fsp3) is 0.357. The molecule has 0 aliphatic carbocycles. The van der Waals surface area contributed by atoms with E-state index >= 15 is 0 Å². The van der Waals surface area contributed by atoms with Gasteiger partial charge in [-0.3, -0.25) is 4.79 Å². The van der Waals surface area contributed by atoms with Crippen molar-refractivity contribution < 1.29 is 14.3 Å². The number of rotatable bonds is 5. The first-order valence-electron chi connectivity index (χ1n) is 6.20. The summed E-state index contributed by atoms with van der Waals surface area (Å²) >= 11 is 0. The van der Waals surface area contributed by atoms with Crippen LogP contribution in [0.3, 0.4) is 0 Å². The largest absolute Gasteiger partial charge is 0.481 e. The second-order valence-electron chi connectivity index (χ2n) is 4.42. The second-order valence-corrected chi connectivity index (χ2v) is 4.42. The Labute approximate surface area is 111 Å². The van der Waals surface area contributed by atoms with Gasteiger partial charge in [0.1, 0.15) is 5.92 Å². The molecule has 1 aromatic carbocycles. The van der Waals surface area contributed by atoms with Crippen LogP contribution in [0.25, 0.3) is 0 Å². The van der Waals surface area contributed by atoms with Crippen molar-refractivity contribution in [3.8, 4) is 0 Å². The maximum Gasteiger partial charge on any atom is 0.316 e. The molecule has 0 bridgehead atoms. The van der Waals surface area contributed by atoms with Crippen molar-refractivity contribution in [2.45, 2.75) is 32.6 Å². The van der Waals surface area contributed by atoms with Crippen LogP contribution in [0.2, 0.25) is 0 Å². The first-order chi connectivity index (χ1) is 9.10. The van der Waals surface area contributed by atoms with Crippen molar-refractivity contribution >= 4 is 5.97 Å². The molecular formula is C14H16N2O3. The van der Waals surface area contributed by atoms with E-state index in [0.29, 0.717) is 12.3 Å². The minimum Gasteiger partial charge on any atom is -0.481 e. The molecule has 100 valence electrons. The van der Waals surface area contributed by atoms with Gasteiger partial charge in [-0.1, -0.05) is 31.2 Å². The van der Waals surface area contributed by atoms with E-state index in [9.17, 15) is 9.90 Å². The zero-order valence-corrected chi connectivity index (χ0v) is 11.0. The Morgan fingerprint density at radius 3 is 2.37 bits per heavy atom. The fourth-order valence-corrected chi connectivity index (χ4v) is 1.88. The van der Waals surface area contributed by atoms with Gasteiger partial charge < -0.3 is 9.52 Å². The summed E-state index contributed by atoms with van der Waals surface area (Å²) in [6.45, 7) is 3.72. The fourth-order valence-electron chi connectivity index (χ4n) is 1.88. The van der Waals surface area contributed by atoms with Gasteiger partial charge in [-0.15, -0.1) is 10.2 Å². The number of carboxylic acid groups (broad SMARTS) is 1. The van der Waals surface area contributed by atoms with Gasteiger partial charge in [0.2, 0.25) is 11.8 Å². The number of hydrogen-bond donors (Lipinski definition) is 1. The smallest absolute Gasteiger partial charge is 0.316 e. The van der Waals surface area contributed by atoms with E-state index in [4.69, 9.17) is 4.42 Å². The molecule has 0 saturated carbocycles. The normalized spacial score (nSPS) is 12.3. The number of aromatic nitrogens is 2. The Morgan fingerprint density at radius 2 is 1.89 bits per heavy atom. The van der Waals surface area contributed by atoms with Crippen LogP contribution in [0.4, 0.5) is 0 Å². The molecule has 0 radical (unpaired) electrons. The van der Waals surface area contributed by atoms with Crippen LogP contribution in [0.15, 0.2) is 28.7 Å². The molecule has 2 rings (SSSR count). The summed E-state index contributed by atoms with van der Waals surface area (Å²) in [6, 6.07) is 7.90. The van der Waals surface area contributed by atoms with E-state index in [1.165, 1.54) is 5.56 Å². The molecule has 1 N–H and O–H groups in total. The SMILES string of the molecule is CCc1ccc(CC(C(=O)O)c2nnc(C)o2)cc1. The van der Waals surface area contributed by atoms with E-state index in [-0.39, 0.29) is 5.89 Å². The van der Waals surface area contributed by atoms with E-state index in [2.05, 4.69) is 17.1 Å². The van der Waals surface area contributed by atoms with Crippen molar-refractivity contribution in [1.29, 1.82) is 0 Å². The lowest BCUT2D eigenvalue weighted by molar-refractivity contribution is -0.139. The number of aliphatic carboxylic acids is 1.